The van der Waals surface area contributed by atoms with Crippen LogP contribution in [0.25, 0.3) is 11.3 Å². The number of hydrogen-bond acceptors (Lipinski definition) is 5. The molecule has 30 heavy (non-hydrogen) atoms. The van der Waals surface area contributed by atoms with Crippen LogP contribution in [0.1, 0.15) is 27.4 Å². The highest BCUT2D eigenvalue weighted by Crippen LogP contribution is 2.38. The number of halogens is 3. The molecule has 3 N–H and O–H groups in total. The van der Waals surface area contributed by atoms with Crippen LogP contribution in [0.3, 0.4) is 0 Å². The number of carbonyl (C=O) groups is 1. The molecule has 1 unspecified atom stereocenters. The van der Waals surface area contributed by atoms with Crippen molar-refractivity contribution in [2.24, 2.45) is 5.73 Å². The lowest BCUT2D eigenvalue weighted by atomic mass is 10.1. The molecular formula is C20H21BrF2N4OS2. The largest absolute Gasteiger partial charge is 0.347 e. The molecule has 0 aromatic carbocycles. The number of carbonyl (C=O) groups excluding carboxylic acids is 1. The van der Waals surface area contributed by atoms with Gasteiger partial charge in [0, 0.05) is 35.0 Å². The minimum atomic E-state index is -0.613. The van der Waals surface area contributed by atoms with Crippen LogP contribution < -0.4 is 11.1 Å². The number of amides is 1. The van der Waals surface area contributed by atoms with Crippen molar-refractivity contribution in [1.29, 1.82) is 0 Å². The van der Waals surface area contributed by atoms with Crippen molar-refractivity contribution in [1.82, 2.24) is 15.1 Å². The molecule has 0 fully saturated rings. The Balaban J connectivity index is 1.79. The number of hydrogen-bond donors (Lipinski definition) is 3. The standard InChI is InChI=1S/C20H21BrF2N4OS2/c21-16-10-25-27-5-1-2-17-15(19(16)27)8-18(30-17)20(28)26-14(9-24)7-12(3-4-22)6-13(23)11-29/h3-4,6,8,10-11,14,29H,1-2,5,7,9,24H2,(H,26,28)/b4-3+,12-6+,13-11+. The molecule has 0 spiro atoms. The lowest BCUT2D eigenvalue weighted by Crippen LogP contribution is -2.40. The molecule has 1 amide bonds. The molecule has 3 heterocycles. The van der Waals surface area contributed by atoms with Gasteiger partial charge in [0.15, 0.2) is 0 Å². The highest BCUT2D eigenvalue weighted by molar-refractivity contribution is 9.10. The quantitative estimate of drug-likeness (QED) is 0.362. The van der Waals surface area contributed by atoms with Crippen molar-refractivity contribution in [2.45, 2.75) is 31.8 Å². The van der Waals surface area contributed by atoms with Gasteiger partial charge in [0.25, 0.3) is 5.91 Å². The average molecular weight is 515 g/mol. The Bertz CT molecular complexity index is 1010. The predicted molar refractivity (Wildman–Crippen MR) is 123 cm³/mol. The van der Waals surface area contributed by atoms with E-state index in [0.717, 1.165) is 57.6 Å². The van der Waals surface area contributed by atoms with Crippen molar-refractivity contribution in [3.8, 4) is 11.3 Å². The molecular weight excluding hydrogens is 494 g/mol. The Morgan fingerprint density at radius 1 is 1.53 bits per heavy atom. The van der Waals surface area contributed by atoms with Gasteiger partial charge in [-0.25, -0.2) is 8.78 Å². The molecule has 0 saturated heterocycles. The summed E-state index contributed by atoms with van der Waals surface area (Å²) < 4.78 is 29.0. The second kappa shape index (κ2) is 10.5. The first kappa shape index (κ1) is 22.9. The van der Waals surface area contributed by atoms with Crippen LogP contribution in [0.15, 0.2) is 52.0 Å². The fourth-order valence-corrected chi connectivity index (χ4v) is 5.01. The van der Waals surface area contributed by atoms with Gasteiger partial charge in [-0.15, -0.1) is 24.0 Å². The maximum atomic E-state index is 13.5. The Hall–Kier alpha value is -1.75. The summed E-state index contributed by atoms with van der Waals surface area (Å²) in [5.41, 5.74) is 8.12. The van der Waals surface area contributed by atoms with Crippen LogP contribution in [0.2, 0.25) is 0 Å². The fraction of sp³-hybridized carbons (Fsp3) is 0.300. The topological polar surface area (TPSA) is 72.9 Å². The minimum Gasteiger partial charge on any atom is -0.347 e. The van der Waals surface area contributed by atoms with Gasteiger partial charge in [-0.2, -0.15) is 5.10 Å². The zero-order valence-electron chi connectivity index (χ0n) is 15.9. The van der Waals surface area contributed by atoms with Crippen LogP contribution in [-0.2, 0) is 13.0 Å². The molecule has 0 radical (unpaired) electrons. The lowest BCUT2D eigenvalue weighted by Gasteiger charge is -2.17. The molecule has 10 heteroatoms. The summed E-state index contributed by atoms with van der Waals surface area (Å²) in [6.45, 7) is 0.951. The number of allylic oxidation sites excluding steroid dienone is 3. The van der Waals surface area contributed by atoms with Gasteiger partial charge in [-0.05, 0) is 59.0 Å². The van der Waals surface area contributed by atoms with E-state index in [4.69, 9.17) is 5.73 Å². The number of rotatable bonds is 7. The van der Waals surface area contributed by atoms with E-state index in [1.807, 2.05) is 10.7 Å². The van der Waals surface area contributed by atoms with E-state index in [2.05, 4.69) is 39.0 Å². The molecule has 2 aromatic heterocycles. The van der Waals surface area contributed by atoms with Gasteiger partial charge >= 0.3 is 0 Å². The molecule has 5 nitrogen and oxygen atoms in total. The number of aryl methyl sites for hydroxylation is 2. The van der Waals surface area contributed by atoms with E-state index in [1.54, 1.807) is 6.20 Å². The summed E-state index contributed by atoms with van der Waals surface area (Å²) in [7, 11) is 0. The van der Waals surface area contributed by atoms with E-state index in [1.165, 1.54) is 11.3 Å². The molecule has 0 aliphatic carbocycles. The summed E-state index contributed by atoms with van der Waals surface area (Å²) in [6.07, 6.45) is 6.37. The van der Waals surface area contributed by atoms with Crippen LogP contribution in [-0.4, -0.2) is 28.3 Å². The molecule has 1 aliphatic rings. The smallest absolute Gasteiger partial charge is 0.261 e. The number of thiol groups is 1. The molecule has 1 aliphatic heterocycles. The van der Waals surface area contributed by atoms with E-state index in [-0.39, 0.29) is 18.9 Å². The van der Waals surface area contributed by atoms with E-state index < -0.39 is 11.9 Å². The molecule has 1 atom stereocenters. The second-order valence-electron chi connectivity index (χ2n) is 6.75. The first-order valence-electron chi connectivity index (χ1n) is 9.29. The maximum absolute atomic E-state index is 13.5. The molecule has 3 rings (SSSR count). The number of nitrogens with one attached hydrogen (secondary N) is 1. The monoisotopic (exact) mass is 514 g/mol. The van der Waals surface area contributed by atoms with Gasteiger partial charge in [-0.3, -0.25) is 9.48 Å². The third-order valence-corrected chi connectivity index (χ3v) is 6.70. The normalized spacial score (nSPS) is 15.6. The van der Waals surface area contributed by atoms with Crippen LogP contribution in [0, 0.1) is 0 Å². The Morgan fingerprint density at radius 3 is 3.03 bits per heavy atom. The first-order valence-corrected chi connectivity index (χ1v) is 11.4. The second-order valence-corrected chi connectivity index (χ2v) is 9.00. The van der Waals surface area contributed by atoms with Crippen molar-refractivity contribution in [3.05, 3.63) is 61.8 Å². The highest BCUT2D eigenvalue weighted by atomic mass is 79.9. The predicted octanol–water partition coefficient (Wildman–Crippen LogP) is 4.92. The van der Waals surface area contributed by atoms with Gasteiger partial charge in [0.2, 0.25) is 0 Å². The summed E-state index contributed by atoms with van der Waals surface area (Å²) in [4.78, 5) is 14.6. The van der Waals surface area contributed by atoms with Gasteiger partial charge in [0.1, 0.15) is 5.83 Å². The summed E-state index contributed by atoms with van der Waals surface area (Å²) in [5, 5.41) is 8.24. The third-order valence-electron chi connectivity index (χ3n) is 4.68. The first-order chi connectivity index (χ1) is 14.5. The number of fused-ring (bicyclic) bond motifs is 3. The zero-order valence-corrected chi connectivity index (χ0v) is 19.2. The van der Waals surface area contributed by atoms with Crippen LogP contribution >= 0.6 is 39.9 Å². The summed E-state index contributed by atoms with van der Waals surface area (Å²) >= 11 is 8.73. The van der Waals surface area contributed by atoms with E-state index in [9.17, 15) is 13.6 Å². The Morgan fingerprint density at radius 2 is 2.33 bits per heavy atom. The molecule has 160 valence electrons. The van der Waals surface area contributed by atoms with Crippen molar-refractivity contribution in [3.63, 3.8) is 0 Å². The summed E-state index contributed by atoms with van der Waals surface area (Å²) in [5.74, 6) is -0.878. The van der Waals surface area contributed by atoms with Gasteiger partial charge in [-0.1, -0.05) is 0 Å². The maximum Gasteiger partial charge on any atom is 0.261 e. The SMILES string of the molecule is NCC(CC(=C/C(F)=C\S)/C=C/F)NC(=O)c1cc2c(s1)CCCn1ncc(Br)c1-2. The highest BCUT2D eigenvalue weighted by Gasteiger charge is 2.24. The molecule has 2 aromatic rings. The van der Waals surface area contributed by atoms with Gasteiger partial charge < -0.3 is 11.1 Å². The zero-order chi connectivity index (χ0) is 21.7. The summed E-state index contributed by atoms with van der Waals surface area (Å²) in [6, 6.07) is 1.39. The third kappa shape index (κ3) is 5.29. The molecule has 0 bridgehead atoms. The number of thiophene rings is 1. The van der Waals surface area contributed by atoms with Crippen LogP contribution in [0.5, 0.6) is 0 Å². The molecule has 0 saturated carbocycles. The average Bonchev–Trinajstić information content (AvgIpc) is 3.26. The van der Waals surface area contributed by atoms with Crippen LogP contribution in [0.4, 0.5) is 8.78 Å². The fourth-order valence-electron chi connectivity index (χ4n) is 3.32. The Kier molecular flexibility index (Phi) is 8.04. The Labute approximate surface area is 191 Å². The van der Waals surface area contributed by atoms with Crippen molar-refractivity contribution < 1.29 is 13.6 Å². The number of nitrogens with two attached hydrogens (primary N) is 1. The van der Waals surface area contributed by atoms with Gasteiger partial charge in [0.05, 0.1) is 27.6 Å². The minimum absolute atomic E-state index is 0.124. The number of aromatic nitrogens is 2. The van der Waals surface area contributed by atoms with Crippen molar-refractivity contribution in [2.75, 3.05) is 6.54 Å². The van der Waals surface area contributed by atoms with E-state index in [0.29, 0.717) is 16.8 Å². The number of nitrogens with zero attached hydrogens (tertiary/aromatic N) is 2. The lowest BCUT2D eigenvalue weighted by molar-refractivity contribution is 0.0942. The van der Waals surface area contributed by atoms with E-state index >= 15 is 0 Å². The van der Waals surface area contributed by atoms with Crippen molar-refractivity contribution >= 4 is 45.8 Å².